The predicted molar refractivity (Wildman–Crippen MR) is 44.6 cm³/mol. The molecule has 1 aromatic rings. The highest BCUT2D eigenvalue weighted by molar-refractivity contribution is 5.37. The second-order valence-corrected chi connectivity index (χ2v) is 2.89. The summed E-state index contributed by atoms with van der Waals surface area (Å²) in [6.07, 6.45) is -7.83. The number of hydrogen-bond donors (Lipinski definition) is 2. The van der Waals surface area contributed by atoms with Gasteiger partial charge < -0.3 is 14.8 Å². The van der Waals surface area contributed by atoms with Gasteiger partial charge in [0.05, 0.1) is 6.61 Å². The van der Waals surface area contributed by atoms with Gasteiger partial charge in [0.15, 0.2) is 5.75 Å². The maximum absolute atomic E-state index is 12.4. The SMILES string of the molecule is O=c1[nH]cc(C(F)F)c(CO)c1OC(F)(F)F. The molecular weight excluding hydrogens is 253 g/mol. The van der Waals surface area contributed by atoms with Gasteiger partial charge in [0.2, 0.25) is 0 Å². The normalized spacial score (nSPS) is 11.9. The fraction of sp³-hybridized carbons (Fsp3) is 0.375. The molecule has 1 heterocycles. The van der Waals surface area contributed by atoms with E-state index >= 15 is 0 Å². The monoisotopic (exact) mass is 259 g/mol. The van der Waals surface area contributed by atoms with E-state index in [9.17, 15) is 26.7 Å². The Hall–Kier alpha value is -1.64. The highest BCUT2D eigenvalue weighted by Gasteiger charge is 2.34. The molecule has 1 rings (SSSR count). The summed E-state index contributed by atoms with van der Waals surface area (Å²) in [5.41, 5.74) is -3.16. The minimum atomic E-state index is -5.21. The van der Waals surface area contributed by atoms with E-state index < -0.39 is 41.8 Å². The quantitative estimate of drug-likeness (QED) is 0.812. The molecule has 0 radical (unpaired) electrons. The van der Waals surface area contributed by atoms with Gasteiger partial charge in [-0.15, -0.1) is 13.2 Å². The predicted octanol–water partition coefficient (Wildman–Crippen LogP) is 1.70. The van der Waals surface area contributed by atoms with Gasteiger partial charge in [0.25, 0.3) is 12.0 Å². The molecule has 0 spiro atoms. The van der Waals surface area contributed by atoms with E-state index in [1.165, 1.54) is 0 Å². The first kappa shape index (κ1) is 13.4. The Labute approximate surface area is 90.6 Å². The number of ether oxygens (including phenoxy) is 1. The van der Waals surface area contributed by atoms with Gasteiger partial charge >= 0.3 is 6.36 Å². The number of aliphatic hydroxyl groups excluding tert-OH is 1. The summed E-state index contributed by atoms with van der Waals surface area (Å²) >= 11 is 0. The molecule has 0 aliphatic carbocycles. The number of aromatic nitrogens is 1. The van der Waals surface area contributed by atoms with Crippen LogP contribution in [0.25, 0.3) is 0 Å². The van der Waals surface area contributed by atoms with Crippen LogP contribution in [0.3, 0.4) is 0 Å². The summed E-state index contributed by atoms with van der Waals surface area (Å²) in [5, 5.41) is 8.74. The number of rotatable bonds is 3. The smallest absolute Gasteiger partial charge is 0.399 e. The molecule has 96 valence electrons. The van der Waals surface area contributed by atoms with Crippen molar-refractivity contribution in [3.63, 3.8) is 0 Å². The molecule has 0 aliphatic rings. The maximum atomic E-state index is 12.4. The van der Waals surface area contributed by atoms with Gasteiger partial charge in [-0.2, -0.15) is 0 Å². The molecule has 1 aromatic heterocycles. The van der Waals surface area contributed by atoms with Crippen LogP contribution in [0.5, 0.6) is 5.75 Å². The molecule has 0 unspecified atom stereocenters. The number of hydrogen-bond acceptors (Lipinski definition) is 3. The van der Waals surface area contributed by atoms with Crippen LogP contribution in [-0.2, 0) is 6.61 Å². The molecule has 9 heteroatoms. The highest BCUT2D eigenvalue weighted by atomic mass is 19.4. The van der Waals surface area contributed by atoms with Gasteiger partial charge in [-0.3, -0.25) is 4.79 Å². The van der Waals surface area contributed by atoms with Gasteiger partial charge in [-0.25, -0.2) is 8.78 Å². The summed E-state index contributed by atoms with van der Waals surface area (Å²) in [5.74, 6) is -1.38. The van der Waals surface area contributed by atoms with E-state index in [2.05, 4.69) is 4.74 Å². The van der Waals surface area contributed by atoms with Crippen LogP contribution in [0.15, 0.2) is 11.0 Å². The molecule has 0 bridgehead atoms. The fourth-order valence-electron chi connectivity index (χ4n) is 1.15. The highest BCUT2D eigenvalue weighted by Crippen LogP contribution is 2.29. The van der Waals surface area contributed by atoms with E-state index in [1.54, 1.807) is 4.98 Å². The average molecular weight is 259 g/mol. The second-order valence-electron chi connectivity index (χ2n) is 2.89. The zero-order valence-electron chi connectivity index (χ0n) is 8.02. The Bertz CT molecular complexity index is 453. The van der Waals surface area contributed by atoms with Crippen LogP contribution < -0.4 is 10.3 Å². The summed E-state index contributed by atoms with van der Waals surface area (Å²) in [6.45, 7) is -1.17. The molecule has 2 N–H and O–H groups in total. The van der Waals surface area contributed by atoms with Crippen LogP contribution in [0.4, 0.5) is 22.0 Å². The number of aliphatic hydroxyl groups is 1. The molecular formula is C8H6F5NO3. The minimum Gasteiger partial charge on any atom is -0.399 e. The number of aromatic amines is 1. The molecule has 0 aliphatic heterocycles. The molecule has 17 heavy (non-hydrogen) atoms. The zero-order valence-corrected chi connectivity index (χ0v) is 8.02. The van der Waals surface area contributed by atoms with Crippen molar-refractivity contribution in [2.75, 3.05) is 0 Å². The first-order valence-electron chi connectivity index (χ1n) is 4.15. The van der Waals surface area contributed by atoms with E-state index in [4.69, 9.17) is 5.11 Å². The van der Waals surface area contributed by atoms with Gasteiger partial charge in [-0.05, 0) is 0 Å². The lowest BCUT2D eigenvalue weighted by Crippen LogP contribution is -2.25. The molecule has 4 nitrogen and oxygen atoms in total. The number of halogens is 5. The van der Waals surface area contributed by atoms with Crippen LogP contribution in [0, 0.1) is 0 Å². The van der Waals surface area contributed by atoms with E-state index in [-0.39, 0.29) is 0 Å². The molecule has 0 amide bonds. The molecule has 0 atom stereocenters. The molecule has 0 saturated heterocycles. The Morgan fingerprint density at radius 1 is 1.41 bits per heavy atom. The first-order chi connectivity index (χ1) is 7.76. The lowest BCUT2D eigenvalue weighted by Gasteiger charge is -2.13. The van der Waals surface area contributed by atoms with Gasteiger partial charge in [0.1, 0.15) is 0 Å². The lowest BCUT2D eigenvalue weighted by molar-refractivity contribution is -0.275. The molecule has 0 aromatic carbocycles. The number of pyridine rings is 1. The summed E-state index contributed by atoms with van der Waals surface area (Å²) in [6, 6.07) is 0. The van der Waals surface area contributed by atoms with Crippen molar-refractivity contribution in [1.29, 1.82) is 0 Å². The Morgan fingerprint density at radius 3 is 2.41 bits per heavy atom. The Balaban J connectivity index is 3.36. The van der Waals surface area contributed by atoms with Crippen molar-refractivity contribution in [2.24, 2.45) is 0 Å². The van der Waals surface area contributed by atoms with Crippen molar-refractivity contribution < 1.29 is 31.8 Å². The van der Waals surface area contributed by atoms with Crippen LogP contribution in [-0.4, -0.2) is 16.5 Å². The average Bonchev–Trinajstić information content (AvgIpc) is 2.18. The van der Waals surface area contributed by atoms with Crippen LogP contribution in [0.2, 0.25) is 0 Å². The minimum absolute atomic E-state index is 0.530. The van der Waals surface area contributed by atoms with Crippen LogP contribution in [0.1, 0.15) is 17.6 Å². The summed E-state index contributed by atoms with van der Waals surface area (Å²) in [4.78, 5) is 12.7. The second kappa shape index (κ2) is 4.70. The third-order valence-corrected chi connectivity index (χ3v) is 1.80. The topological polar surface area (TPSA) is 62.3 Å². The number of nitrogens with one attached hydrogen (secondary N) is 1. The van der Waals surface area contributed by atoms with E-state index in [1.807, 2.05) is 0 Å². The summed E-state index contributed by atoms with van der Waals surface area (Å²) < 4.78 is 63.9. The lowest BCUT2D eigenvalue weighted by atomic mass is 10.1. The van der Waals surface area contributed by atoms with Crippen molar-refractivity contribution in [3.8, 4) is 5.75 Å². The Morgan fingerprint density at radius 2 is 2.00 bits per heavy atom. The molecule has 0 fully saturated rings. The van der Waals surface area contributed by atoms with Crippen molar-refractivity contribution in [1.82, 2.24) is 4.98 Å². The third-order valence-electron chi connectivity index (χ3n) is 1.80. The van der Waals surface area contributed by atoms with Crippen molar-refractivity contribution in [2.45, 2.75) is 19.4 Å². The van der Waals surface area contributed by atoms with Gasteiger partial charge in [0, 0.05) is 17.3 Å². The third kappa shape index (κ3) is 3.16. The zero-order chi connectivity index (χ0) is 13.2. The van der Waals surface area contributed by atoms with Crippen LogP contribution >= 0.6 is 0 Å². The maximum Gasteiger partial charge on any atom is 0.573 e. The van der Waals surface area contributed by atoms with Crippen molar-refractivity contribution in [3.05, 3.63) is 27.7 Å². The van der Waals surface area contributed by atoms with Gasteiger partial charge in [-0.1, -0.05) is 0 Å². The fourth-order valence-corrected chi connectivity index (χ4v) is 1.15. The van der Waals surface area contributed by atoms with Crippen molar-refractivity contribution >= 4 is 0 Å². The van der Waals surface area contributed by atoms with E-state index in [0.29, 0.717) is 6.20 Å². The standard InChI is InChI=1S/C8H6F5NO3/c9-6(10)3-1-14-7(16)5(4(3)2-15)17-8(11,12)13/h1,6,15H,2H2,(H,14,16). The molecule has 0 saturated carbocycles. The number of alkyl halides is 5. The Kier molecular flexibility index (Phi) is 3.71. The number of H-pyrrole nitrogens is 1. The first-order valence-corrected chi connectivity index (χ1v) is 4.15. The largest absolute Gasteiger partial charge is 0.573 e. The van der Waals surface area contributed by atoms with E-state index in [0.717, 1.165) is 0 Å². The summed E-state index contributed by atoms with van der Waals surface area (Å²) in [7, 11) is 0.